The second-order valence-corrected chi connectivity index (χ2v) is 3.16. The third-order valence-electron chi connectivity index (χ3n) is 2.14. The molecule has 0 unspecified atom stereocenters. The molecule has 70 valence electrons. The van der Waals surface area contributed by atoms with Gasteiger partial charge in [0.05, 0.1) is 5.69 Å². The Morgan fingerprint density at radius 2 is 1.79 bits per heavy atom. The van der Waals surface area contributed by atoms with E-state index in [9.17, 15) is 4.39 Å². The minimum atomic E-state index is -0.439. The molecule has 0 bridgehead atoms. The SMILES string of the molecule is Cc1ccccc1-c1cccc(F)n1. The second-order valence-electron chi connectivity index (χ2n) is 3.16. The standard InChI is InChI=1S/C12H10FN/c1-9-5-2-3-6-10(9)11-7-4-8-12(13)14-11/h2-8H,1H3. The fraction of sp³-hybridized carbons (Fsp3) is 0.0833. The maximum atomic E-state index is 12.9. The highest BCUT2D eigenvalue weighted by Crippen LogP contribution is 2.20. The Labute approximate surface area is 82.2 Å². The molecular weight excluding hydrogens is 177 g/mol. The molecule has 2 rings (SSSR count). The van der Waals surface area contributed by atoms with Crippen LogP contribution in [-0.2, 0) is 0 Å². The molecule has 0 saturated heterocycles. The van der Waals surface area contributed by atoms with Crippen molar-refractivity contribution in [2.75, 3.05) is 0 Å². The minimum Gasteiger partial charge on any atom is -0.220 e. The number of aromatic nitrogens is 1. The van der Waals surface area contributed by atoms with Crippen LogP contribution in [0.2, 0.25) is 0 Å². The Hall–Kier alpha value is -1.70. The van der Waals surface area contributed by atoms with Crippen molar-refractivity contribution in [3.05, 3.63) is 54.0 Å². The van der Waals surface area contributed by atoms with Crippen LogP contribution in [0, 0.1) is 12.9 Å². The Morgan fingerprint density at radius 3 is 2.50 bits per heavy atom. The average molecular weight is 187 g/mol. The Kier molecular flexibility index (Phi) is 2.27. The number of pyridine rings is 1. The van der Waals surface area contributed by atoms with Gasteiger partial charge in [0.25, 0.3) is 0 Å². The molecular formula is C12H10FN. The first kappa shape index (κ1) is 8.88. The largest absolute Gasteiger partial charge is 0.220 e. The van der Waals surface area contributed by atoms with E-state index in [1.165, 1.54) is 6.07 Å². The number of aryl methyl sites for hydroxylation is 1. The van der Waals surface area contributed by atoms with E-state index < -0.39 is 5.95 Å². The summed E-state index contributed by atoms with van der Waals surface area (Å²) in [5.74, 6) is -0.439. The van der Waals surface area contributed by atoms with Crippen LogP contribution < -0.4 is 0 Å². The van der Waals surface area contributed by atoms with Gasteiger partial charge >= 0.3 is 0 Å². The van der Waals surface area contributed by atoms with Crippen molar-refractivity contribution in [2.24, 2.45) is 0 Å². The zero-order valence-electron chi connectivity index (χ0n) is 7.87. The lowest BCUT2D eigenvalue weighted by Gasteiger charge is -2.03. The van der Waals surface area contributed by atoms with Crippen molar-refractivity contribution < 1.29 is 4.39 Å². The first-order valence-corrected chi connectivity index (χ1v) is 4.46. The van der Waals surface area contributed by atoms with Gasteiger partial charge in [-0.2, -0.15) is 4.39 Å². The number of benzene rings is 1. The molecule has 0 saturated carbocycles. The fourth-order valence-corrected chi connectivity index (χ4v) is 1.42. The molecule has 1 aromatic carbocycles. The third-order valence-corrected chi connectivity index (χ3v) is 2.14. The molecule has 2 heteroatoms. The predicted molar refractivity (Wildman–Crippen MR) is 54.4 cm³/mol. The van der Waals surface area contributed by atoms with Crippen LogP contribution in [0.15, 0.2) is 42.5 Å². The van der Waals surface area contributed by atoms with Crippen molar-refractivity contribution in [1.29, 1.82) is 0 Å². The van der Waals surface area contributed by atoms with Gasteiger partial charge < -0.3 is 0 Å². The fourth-order valence-electron chi connectivity index (χ4n) is 1.42. The smallest absolute Gasteiger partial charge is 0.213 e. The Morgan fingerprint density at radius 1 is 1.00 bits per heavy atom. The third kappa shape index (κ3) is 1.64. The van der Waals surface area contributed by atoms with Gasteiger partial charge in [-0.05, 0) is 24.6 Å². The van der Waals surface area contributed by atoms with Gasteiger partial charge in [0.2, 0.25) is 5.95 Å². The van der Waals surface area contributed by atoms with E-state index in [2.05, 4.69) is 4.98 Å². The van der Waals surface area contributed by atoms with Crippen LogP contribution in [0.1, 0.15) is 5.56 Å². The Bertz CT molecular complexity index is 452. The summed E-state index contributed by atoms with van der Waals surface area (Å²) >= 11 is 0. The summed E-state index contributed by atoms with van der Waals surface area (Å²) < 4.78 is 12.9. The van der Waals surface area contributed by atoms with Crippen molar-refractivity contribution in [3.8, 4) is 11.3 Å². The van der Waals surface area contributed by atoms with E-state index in [0.29, 0.717) is 5.69 Å². The molecule has 1 aromatic heterocycles. The summed E-state index contributed by atoms with van der Waals surface area (Å²) in [4.78, 5) is 3.84. The zero-order chi connectivity index (χ0) is 9.97. The normalized spacial score (nSPS) is 10.1. The van der Waals surface area contributed by atoms with Gasteiger partial charge in [-0.25, -0.2) is 4.98 Å². The van der Waals surface area contributed by atoms with E-state index in [4.69, 9.17) is 0 Å². The molecule has 0 N–H and O–H groups in total. The molecule has 1 heterocycles. The minimum absolute atomic E-state index is 0.439. The molecule has 0 aliphatic carbocycles. The molecule has 0 atom stereocenters. The van der Waals surface area contributed by atoms with Crippen LogP contribution in [0.5, 0.6) is 0 Å². The van der Waals surface area contributed by atoms with Crippen LogP contribution in [0.3, 0.4) is 0 Å². The topological polar surface area (TPSA) is 12.9 Å². The summed E-state index contributed by atoms with van der Waals surface area (Å²) in [7, 11) is 0. The lowest BCUT2D eigenvalue weighted by atomic mass is 10.1. The number of hydrogen-bond donors (Lipinski definition) is 0. The van der Waals surface area contributed by atoms with Crippen molar-refractivity contribution in [2.45, 2.75) is 6.92 Å². The maximum Gasteiger partial charge on any atom is 0.213 e. The lowest BCUT2D eigenvalue weighted by Crippen LogP contribution is -1.88. The van der Waals surface area contributed by atoms with Gasteiger partial charge in [0.15, 0.2) is 0 Å². The summed E-state index contributed by atoms with van der Waals surface area (Å²) in [6.07, 6.45) is 0. The second kappa shape index (κ2) is 3.58. The Balaban J connectivity index is 2.55. The van der Waals surface area contributed by atoms with Crippen LogP contribution in [0.25, 0.3) is 11.3 Å². The van der Waals surface area contributed by atoms with E-state index in [0.717, 1.165) is 11.1 Å². The molecule has 0 radical (unpaired) electrons. The van der Waals surface area contributed by atoms with Crippen molar-refractivity contribution >= 4 is 0 Å². The molecule has 1 nitrogen and oxygen atoms in total. The number of halogens is 1. The summed E-state index contributed by atoms with van der Waals surface area (Å²) in [5, 5.41) is 0. The highest BCUT2D eigenvalue weighted by atomic mass is 19.1. The molecule has 0 aliphatic rings. The number of rotatable bonds is 1. The summed E-state index contributed by atoms with van der Waals surface area (Å²) in [6, 6.07) is 12.6. The lowest BCUT2D eigenvalue weighted by molar-refractivity contribution is 0.585. The van der Waals surface area contributed by atoms with Crippen molar-refractivity contribution in [3.63, 3.8) is 0 Å². The van der Waals surface area contributed by atoms with Crippen LogP contribution in [-0.4, -0.2) is 4.98 Å². The maximum absolute atomic E-state index is 12.9. The van der Waals surface area contributed by atoms with Crippen molar-refractivity contribution in [1.82, 2.24) is 4.98 Å². The number of hydrogen-bond acceptors (Lipinski definition) is 1. The van der Waals surface area contributed by atoms with Gasteiger partial charge in [-0.1, -0.05) is 30.3 Å². The highest BCUT2D eigenvalue weighted by Gasteiger charge is 2.02. The average Bonchev–Trinajstić information content (AvgIpc) is 2.18. The number of nitrogens with zero attached hydrogens (tertiary/aromatic N) is 1. The van der Waals surface area contributed by atoms with E-state index in [-0.39, 0.29) is 0 Å². The monoisotopic (exact) mass is 187 g/mol. The molecule has 2 aromatic rings. The molecule has 14 heavy (non-hydrogen) atoms. The molecule has 0 amide bonds. The summed E-state index contributed by atoms with van der Waals surface area (Å²) in [5.41, 5.74) is 2.76. The van der Waals surface area contributed by atoms with Crippen LogP contribution >= 0.6 is 0 Å². The molecule has 0 aliphatic heterocycles. The van der Waals surface area contributed by atoms with Gasteiger partial charge in [0.1, 0.15) is 0 Å². The highest BCUT2D eigenvalue weighted by molar-refractivity contribution is 5.62. The molecule has 0 spiro atoms. The first-order chi connectivity index (χ1) is 6.77. The van der Waals surface area contributed by atoms with E-state index in [1.807, 2.05) is 37.3 Å². The van der Waals surface area contributed by atoms with E-state index >= 15 is 0 Å². The van der Waals surface area contributed by atoms with Gasteiger partial charge in [-0.3, -0.25) is 0 Å². The van der Waals surface area contributed by atoms with Crippen LogP contribution in [0.4, 0.5) is 4.39 Å². The predicted octanol–water partition coefficient (Wildman–Crippen LogP) is 3.20. The molecule has 0 fully saturated rings. The van der Waals surface area contributed by atoms with Gasteiger partial charge in [0, 0.05) is 5.56 Å². The zero-order valence-corrected chi connectivity index (χ0v) is 7.87. The first-order valence-electron chi connectivity index (χ1n) is 4.46. The van der Waals surface area contributed by atoms with Gasteiger partial charge in [-0.15, -0.1) is 0 Å². The summed E-state index contributed by atoms with van der Waals surface area (Å²) in [6.45, 7) is 1.99. The quantitative estimate of drug-likeness (QED) is 0.625. The van der Waals surface area contributed by atoms with E-state index in [1.54, 1.807) is 6.07 Å².